The molecule has 1 saturated carbocycles. The highest BCUT2D eigenvalue weighted by Gasteiger charge is 2.57. The zero-order valence-corrected chi connectivity index (χ0v) is 11.0. The maximum Gasteiger partial charge on any atom is 0.164 e. The minimum atomic E-state index is -0.563. The number of hydrogen-bond acceptors (Lipinski definition) is 3. The van der Waals surface area contributed by atoms with E-state index in [1.807, 2.05) is 13.8 Å². The predicted molar refractivity (Wildman–Crippen MR) is 62.0 cm³/mol. The Morgan fingerprint density at radius 1 is 1.25 bits per heavy atom. The Morgan fingerprint density at radius 3 is 2.44 bits per heavy atom. The molecule has 1 heterocycles. The lowest BCUT2D eigenvalue weighted by Gasteiger charge is -2.42. The van der Waals surface area contributed by atoms with E-state index in [9.17, 15) is 5.11 Å². The molecule has 3 nitrogen and oxygen atoms in total. The number of aliphatic hydroxyl groups is 1. The Labute approximate surface area is 98.1 Å². The molecule has 3 heteroatoms. The van der Waals surface area contributed by atoms with Crippen molar-refractivity contribution in [2.24, 2.45) is 11.8 Å². The van der Waals surface area contributed by atoms with Crippen LogP contribution in [0, 0.1) is 11.8 Å². The molecule has 1 aliphatic carbocycles. The van der Waals surface area contributed by atoms with Crippen molar-refractivity contribution < 1.29 is 14.6 Å². The third-order valence-corrected chi connectivity index (χ3v) is 4.07. The average molecular weight is 228 g/mol. The van der Waals surface area contributed by atoms with Gasteiger partial charge in [0.2, 0.25) is 0 Å². The molecule has 1 aliphatic heterocycles. The zero-order valence-electron chi connectivity index (χ0n) is 11.0. The van der Waals surface area contributed by atoms with Crippen molar-refractivity contribution in [2.45, 2.75) is 71.1 Å². The summed E-state index contributed by atoms with van der Waals surface area (Å²) in [6.07, 6.45) is 1.41. The maximum atomic E-state index is 10.4. The number of ether oxygens (including phenoxy) is 2. The van der Waals surface area contributed by atoms with Crippen LogP contribution in [0.25, 0.3) is 0 Å². The molecule has 0 aromatic heterocycles. The van der Waals surface area contributed by atoms with Gasteiger partial charge in [-0.3, -0.25) is 0 Å². The Hall–Kier alpha value is -0.120. The molecule has 0 radical (unpaired) electrons. The van der Waals surface area contributed by atoms with E-state index < -0.39 is 11.9 Å². The molecule has 2 fully saturated rings. The molecule has 16 heavy (non-hydrogen) atoms. The second-order valence-electron chi connectivity index (χ2n) is 6.29. The molecule has 1 saturated heterocycles. The Morgan fingerprint density at radius 2 is 1.88 bits per heavy atom. The van der Waals surface area contributed by atoms with Crippen LogP contribution in [-0.2, 0) is 9.47 Å². The minimum absolute atomic E-state index is 0.177. The lowest BCUT2D eigenvalue weighted by atomic mass is 9.71. The number of hydrogen-bond donors (Lipinski definition) is 1. The van der Waals surface area contributed by atoms with Gasteiger partial charge in [-0.25, -0.2) is 0 Å². The summed E-state index contributed by atoms with van der Waals surface area (Å²) in [7, 11) is 0. The normalized spacial score (nSPS) is 47.1. The summed E-state index contributed by atoms with van der Waals surface area (Å²) >= 11 is 0. The fraction of sp³-hybridized carbons (Fsp3) is 1.00. The summed E-state index contributed by atoms with van der Waals surface area (Å²) in [6.45, 7) is 10.2. The van der Waals surface area contributed by atoms with Gasteiger partial charge in [-0.2, -0.15) is 0 Å². The molecule has 0 aromatic carbocycles. The van der Waals surface area contributed by atoms with Crippen LogP contribution < -0.4 is 0 Å². The van der Waals surface area contributed by atoms with Gasteiger partial charge in [0.1, 0.15) is 6.10 Å². The van der Waals surface area contributed by atoms with Gasteiger partial charge in [0.05, 0.1) is 11.7 Å². The average Bonchev–Trinajstić information content (AvgIpc) is 2.35. The van der Waals surface area contributed by atoms with Crippen molar-refractivity contribution >= 4 is 0 Å². The first kappa shape index (κ1) is 12.3. The van der Waals surface area contributed by atoms with Crippen LogP contribution >= 0.6 is 0 Å². The summed E-state index contributed by atoms with van der Waals surface area (Å²) in [5, 5.41) is 10.4. The van der Waals surface area contributed by atoms with E-state index >= 15 is 0 Å². The van der Waals surface area contributed by atoms with Crippen molar-refractivity contribution in [2.75, 3.05) is 0 Å². The Kier molecular flexibility index (Phi) is 2.84. The molecule has 0 amide bonds. The second kappa shape index (κ2) is 3.69. The molecule has 0 aromatic rings. The summed E-state index contributed by atoms with van der Waals surface area (Å²) in [5.41, 5.74) is -0.311. The molecular formula is C13H24O3. The van der Waals surface area contributed by atoms with Crippen LogP contribution in [0.5, 0.6) is 0 Å². The molecule has 0 bridgehead atoms. The fourth-order valence-electron chi connectivity index (χ4n) is 3.27. The quantitative estimate of drug-likeness (QED) is 0.748. The van der Waals surface area contributed by atoms with E-state index in [4.69, 9.17) is 9.47 Å². The van der Waals surface area contributed by atoms with Crippen LogP contribution in [0.2, 0.25) is 0 Å². The molecule has 4 atom stereocenters. The monoisotopic (exact) mass is 228 g/mol. The van der Waals surface area contributed by atoms with Crippen molar-refractivity contribution in [1.82, 2.24) is 0 Å². The Bertz CT molecular complexity index is 274. The third kappa shape index (κ3) is 1.89. The van der Waals surface area contributed by atoms with Crippen LogP contribution in [-0.4, -0.2) is 28.7 Å². The van der Waals surface area contributed by atoms with E-state index in [0.717, 1.165) is 12.8 Å². The van der Waals surface area contributed by atoms with Crippen LogP contribution in [0.4, 0.5) is 0 Å². The summed E-state index contributed by atoms with van der Waals surface area (Å²) in [5.74, 6) is 0.258. The van der Waals surface area contributed by atoms with Gasteiger partial charge in [0, 0.05) is 0 Å². The first-order chi connectivity index (χ1) is 7.25. The second-order valence-corrected chi connectivity index (χ2v) is 6.29. The van der Waals surface area contributed by atoms with Gasteiger partial charge in [0.15, 0.2) is 5.79 Å². The maximum absolute atomic E-state index is 10.4. The minimum Gasteiger partial charge on any atom is -0.390 e. The van der Waals surface area contributed by atoms with Gasteiger partial charge >= 0.3 is 0 Å². The topological polar surface area (TPSA) is 38.7 Å². The van der Waals surface area contributed by atoms with Gasteiger partial charge in [-0.05, 0) is 45.4 Å². The van der Waals surface area contributed by atoms with E-state index in [-0.39, 0.29) is 11.7 Å². The fourth-order valence-corrected chi connectivity index (χ4v) is 3.27. The summed E-state index contributed by atoms with van der Waals surface area (Å²) in [4.78, 5) is 0. The smallest absolute Gasteiger partial charge is 0.164 e. The molecule has 94 valence electrons. The van der Waals surface area contributed by atoms with Crippen molar-refractivity contribution in [3.05, 3.63) is 0 Å². The van der Waals surface area contributed by atoms with Crippen LogP contribution in [0.1, 0.15) is 47.5 Å². The van der Waals surface area contributed by atoms with E-state index in [1.54, 1.807) is 0 Å². The number of fused-ring (bicyclic) bond motifs is 1. The van der Waals surface area contributed by atoms with E-state index in [0.29, 0.717) is 11.8 Å². The van der Waals surface area contributed by atoms with Gasteiger partial charge in [-0.1, -0.05) is 13.8 Å². The first-order valence-corrected chi connectivity index (χ1v) is 6.31. The molecule has 0 spiro atoms. The summed E-state index contributed by atoms with van der Waals surface area (Å²) in [6, 6.07) is 0. The Balaban J connectivity index is 2.20. The lowest BCUT2D eigenvalue weighted by Crippen LogP contribution is -2.53. The molecule has 2 rings (SSSR count). The van der Waals surface area contributed by atoms with Crippen molar-refractivity contribution in [3.8, 4) is 0 Å². The molecule has 1 N–H and O–H groups in total. The van der Waals surface area contributed by atoms with E-state index in [1.165, 1.54) is 0 Å². The zero-order chi connectivity index (χ0) is 12.1. The van der Waals surface area contributed by atoms with Crippen LogP contribution in [0.15, 0.2) is 0 Å². The molecule has 2 aliphatic rings. The van der Waals surface area contributed by atoms with E-state index in [2.05, 4.69) is 20.8 Å². The highest BCUT2D eigenvalue weighted by atomic mass is 16.8. The highest BCUT2D eigenvalue weighted by Crippen LogP contribution is 2.47. The lowest BCUT2D eigenvalue weighted by molar-refractivity contribution is -0.163. The highest BCUT2D eigenvalue weighted by molar-refractivity contribution is 5.02. The van der Waals surface area contributed by atoms with Gasteiger partial charge in [-0.15, -0.1) is 0 Å². The number of rotatable bonds is 1. The molecule has 4 unspecified atom stereocenters. The SMILES string of the molecule is CC(C)C1CCC2(C)OC(C)(C)OC2C1O. The standard InChI is InChI=1S/C13H24O3/c1-8(2)9-6-7-13(5)11(10(9)14)15-12(3,4)16-13/h8-11,14H,6-7H2,1-5H3. The first-order valence-electron chi connectivity index (χ1n) is 6.31. The van der Waals surface area contributed by atoms with Gasteiger partial charge < -0.3 is 14.6 Å². The van der Waals surface area contributed by atoms with Crippen molar-refractivity contribution in [3.63, 3.8) is 0 Å². The van der Waals surface area contributed by atoms with Gasteiger partial charge in [0.25, 0.3) is 0 Å². The third-order valence-electron chi connectivity index (χ3n) is 4.07. The van der Waals surface area contributed by atoms with Crippen molar-refractivity contribution in [1.29, 1.82) is 0 Å². The predicted octanol–water partition coefficient (Wildman–Crippen LogP) is 2.32. The summed E-state index contributed by atoms with van der Waals surface area (Å²) < 4.78 is 11.8. The largest absolute Gasteiger partial charge is 0.390 e. The number of aliphatic hydroxyl groups excluding tert-OH is 1. The molecular weight excluding hydrogens is 204 g/mol. The van der Waals surface area contributed by atoms with Crippen LogP contribution in [0.3, 0.4) is 0 Å².